The van der Waals surface area contributed by atoms with E-state index >= 15 is 0 Å². The topological polar surface area (TPSA) is 79.3 Å². The third-order valence-electron chi connectivity index (χ3n) is 4.53. The molecule has 8 heteroatoms. The average molecular weight is 344 g/mol. The van der Waals surface area contributed by atoms with Gasteiger partial charge >= 0.3 is 12.1 Å². The molecule has 1 aliphatic rings. The maximum atomic E-state index is 12.6. The molecule has 0 saturated heterocycles. The number of alkyl halides is 3. The van der Waals surface area contributed by atoms with Gasteiger partial charge in [-0.05, 0) is 38.8 Å². The van der Waals surface area contributed by atoms with Crippen molar-refractivity contribution in [2.75, 3.05) is 0 Å². The number of nitrogens with zero attached hydrogens (tertiary/aromatic N) is 1. The molecule has 1 saturated carbocycles. The van der Waals surface area contributed by atoms with Crippen LogP contribution in [-0.4, -0.2) is 27.5 Å². The van der Waals surface area contributed by atoms with Crippen molar-refractivity contribution in [1.82, 2.24) is 10.3 Å². The first-order valence-electron chi connectivity index (χ1n) is 7.65. The van der Waals surface area contributed by atoms with E-state index in [9.17, 15) is 27.9 Å². The maximum absolute atomic E-state index is 12.6. The molecule has 2 N–H and O–H groups in total. The van der Waals surface area contributed by atoms with Crippen molar-refractivity contribution in [3.8, 4) is 0 Å². The van der Waals surface area contributed by atoms with Crippen LogP contribution >= 0.6 is 0 Å². The van der Waals surface area contributed by atoms with Crippen LogP contribution in [0.5, 0.6) is 0 Å². The van der Waals surface area contributed by atoms with Crippen LogP contribution in [-0.2, 0) is 11.0 Å². The van der Waals surface area contributed by atoms with Crippen molar-refractivity contribution in [2.24, 2.45) is 5.92 Å². The number of carboxylic acid groups (broad SMARTS) is 1. The second-order valence-corrected chi connectivity index (χ2v) is 6.34. The van der Waals surface area contributed by atoms with Crippen molar-refractivity contribution in [3.05, 3.63) is 29.1 Å². The fourth-order valence-electron chi connectivity index (χ4n) is 3.16. The average Bonchev–Trinajstić information content (AvgIpc) is 2.45. The monoisotopic (exact) mass is 344 g/mol. The molecule has 2 atom stereocenters. The molecule has 1 aromatic rings. The Morgan fingerprint density at radius 1 is 1.33 bits per heavy atom. The summed E-state index contributed by atoms with van der Waals surface area (Å²) in [6.07, 6.45) is -2.07. The van der Waals surface area contributed by atoms with Crippen molar-refractivity contribution in [3.63, 3.8) is 0 Å². The van der Waals surface area contributed by atoms with E-state index < -0.39 is 35.2 Å². The predicted molar refractivity (Wildman–Crippen MR) is 79.4 cm³/mol. The number of carboxylic acids is 1. The number of hydrogen-bond donors (Lipinski definition) is 2. The highest BCUT2D eigenvalue weighted by Crippen LogP contribution is 2.34. The molecule has 1 aliphatic carbocycles. The molecule has 132 valence electrons. The van der Waals surface area contributed by atoms with E-state index in [2.05, 4.69) is 10.3 Å². The standard InChI is InChI=1S/C16H19F3N2O3/c1-9-10(6-7-12(20-9)16(17,18)19)13(22)21-15(2)8-4-3-5-11(15)14(23)24/h6-7,11H,3-5,8H2,1-2H3,(H,21,22)(H,23,24). The molecule has 0 aromatic carbocycles. The van der Waals surface area contributed by atoms with Gasteiger partial charge in [0.1, 0.15) is 5.69 Å². The molecule has 1 heterocycles. The zero-order valence-corrected chi connectivity index (χ0v) is 13.4. The highest BCUT2D eigenvalue weighted by molar-refractivity contribution is 5.96. The minimum absolute atomic E-state index is 0.0129. The van der Waals surface area contributed by atoms with E-state index in [0.29, 0.717) is 12.8 Å². The number of aliphatic carboxylic acids is 1. The SMILES string of the molecule is Cc1nc(C(F)(F)F)ccc1C(=O)NC1(C)CCCCC1C(=O)O. The Hall–Kier alpha value is -2.12. The van der Waals surface area contributed by atoms with Gasteiger partial charge in [-0.3, -0.25) is 9.59 Å². The van der Waals surface area contributed by atoms with Crippen molar-refractivity contribution < 1.29 is 27.9 Å². The first-order chi connectivity index (χ1) is 11.0. The molecule has 5 nitrogen and oxygen atoms in total. The van der Waals surface area contributed by atoms with Gasteiger partial charge in [0.15, 0.2) is 0 Å². The number of rotatable bonds is 3. The summed E-state index contributed by atoms with van der Waals surface area (Å²) < 4.78 is 37.9. The molecular formula is C16H19F3N2O3. The Bertz CT molecular complexity index is 660. The van der Waals surface area contributed by atoms with E-state index in [1.807, 2.05) is 0 Å². The number of carbonyl (C=O) groups is 2. The summed E-state index contributed by atoms with van der Waals surface area (Å²) >= 11 is 0. The van der Waals surface area contributed by atoms with Gasteiger partial charge in [-0.2, -0.15) is 13.2 Å². The fourth-order valence-corrected chi connectivity index (χ4v) is 3.16. The lowest BCUT2D eigenvalue weighted by Crippen LogP contribution is -2.55. The summed E-state index contributed by atoms with van der Waals surface area (Å²) in [7, 11) is 0. The molecule has 2 unspecified atom stereocenters. The highest BCUT2D eigenvalue weighted by atomic mass is 19.4. The molecule has 0 radical (unpaired) electrons. The van der Waals surface area contributed by atoms with Crippen molar-refractivity contribution in [2.45, 2.75) is 51.2 Å². The lowest BCUT2D eigenvalue weighted by atomic mass is 9.73. The number of aryl methyl sites for hydroxylation is 1. The van der Waals surface area contributed by atoms with Crippen LogP contribution in [0.4, 0.5) is 13.2 Å². The molecule has 0 aliphatic heterocycles. The molecule has 1 aromatic heterocycles. The van der Waals surface area contributed by atoms with Crippen LogP contribution in [0.3, 0.4) is 0 Å². The smallest absolute Gasteiger partial charge is 0.433 e. The van der Waals surface area contributed by atoms with Gasteiger partial charge in [0.05, 0.1) is 22.7 Å². The van der Waals surface area contributed by atoms with Crippen LogP contribution in [0.15, 0.2) is 12.1 Å². The fraction of sp³-hybridized carbons (Fsp3) is 0.562. The van der Waals surface area contributed by atoms with Gasteiger partial charge in [0.2, 0.25) is 0 Å². The summed E-state index contributed by atoms with van der Waals surface area (Å²) in [6, 6.07) is 1.82. The molecule has 2 rings (SSSR count). The van der Waals surface area contributed by atoms with Crippen LogP contribution in [0, 0.1) is 12.8 Å². The molecular weight excluding hydrogens is 325 g/mol. The molecule has 0 spiro atoms. The molecule has 1 fully saturated rings. The number of halogens is 3. The normalized spacial score (nSPS) is 24.5. The Morgan fingerprint density at radius 3 is 2.54 bits per heavy atom. The van der Waals surface area contributed by atoms with E-state index in [4.69, 9.17) is 0 Å². The second kappa shape index (κ2) is 6.41. The van der Waals surface area contributed by atoms with Gasteiger partial charge in [0.25, 0.3) is 5.91 Å². The van der Waals surface area contributed by atoms with Gasteiger partial charge in [0, 0.05) is 0 Å². The van der Waals surface area contributed by atoms with Crippen molar-refractivity contribution in [1.29, 1.82) is 0 Å². The number of carbonyl (C=O) groups excluding carboxylic acids is 1. The number of nitrogens with one attached hydrogen (secondary N) is 1. The first kappa shape index (κ1) is 18.2. The van der Waals surface area contributed by atoms with Crippen molar-refractivity contribution >= 4 is 11.9 Å². The summed E-state index contributed by atoms with van der Waals surface area (Å²) in [4.78, 5) is 27.3. The molecule has 24 heavy (non-hydrogen) atoms. The zero-order chi connectivity index (χ0) is 18.1. The van der Waals surface area contributed by atoms with Crippen LogP contribution < -0.4 is 5.32 Å². The van der Waals surface area contributed by atoms with Crippen LogP contribution in [0.2, 0.25) is 0 Å². The number of pyridine rings is 1. The van der Waals surface area contributed by atoms with E-state index in [1.54, 1.807) is 6.92 Å². The van der Waals surface area contributed by atoms with Crippen LogP contribution in [0.25, 0.3) is 0 Å². The minimum atomic E-state index is -4.58. The first-order valence-corrected chi connectivity index (χ1v) is 7.65. The van der Waals surface area contributed by atoms with Gasteiger partial charge < -0.3 is 10.4 Å². The minimum Gasteiger partial charge on any atom is -0.481 e. The van der Waals surface area contributed by atoms with Gasteiger partial charge in [-0.1, -0.05) is 12.8 Å². The summed E-state index contributed by atoms with van der Waals surface area (Å²) in [6.45, 7) is 2.98. The summed E-state index contributed by atoms with van der Waals surface area (Å²) in [5.74, 6) is -2.32. The molecule has 0 bridgehead atoms. The van der Waals surface area contributed by atoms with Gasteiger partial charge in [-0.25, -0.2) is 4.98 Å². The predicted octanol–water partition coefficient (Wildman–Crippen LogP) is 3.17. The lowest BCUT2D eigenvalue weighted by molar-refractivity contribution is -0.146. The quantitative estimate of drug-likeness (QED) is 0.883. The number of amides is 1. The maximum Gasteiger partial charge on any atom is 0.433 e. The number of aromatic nitrogens is 1. The largest absolute Gasteiger partial charge is 0.481 e. The Balaban J connectivity index is 2.24. The molecule has 1 amide bonds. The summed E-state index contributed by atoms with van der Waals surface area (Å²) in [5, 5.41) is 12.1. The lowest BCUT2D eigenvalue weighted by Gasteiger charge is -2.39. The van der Waals surface area contributed by atoms with E-state index in [-0.39, 0.29) is 11.3 Å². The van der Waals surface area contributed by atoms with E-state index in [1.165, 1.54) is 6.92 Å². The Kier molecular flexibility index (Phi) is 4.87. The Labute approximate surface area is 137 Å². The second-order valence-electron chi connectivity index (χ2n) is 6.34. The third kappa shape index (κ3) is 3.68. The van der Waals surface area contributed by atoms with Crippen LogP contribution in [0.1, 0.15) is 54.4 Å². The highest BCUT2D eigenvalue weighted by Gasteiger charge is 2.42. The number of hydrogen-bond acceptors (Lipinski definition) is 3. The third-order valence-corrected chi connectivity index (χ3v) is 4.53. The van der Waals surface area contributed by atoms with E-state index in [0.717, 1.165) is 25.0 Å². The van der Waals surface area contributed by atoms with Gasteiger partial charge in [-0.15, -0.1) is 0 Å². The summed E-state index contributed by atoms with van der Waals surface area (Å²) in [5.41, 5.74) is -2.03. The Morgan fingerprint density at radius 2 is 2.00 bits per heavy atom. The zero-order valence-electron chi connectivity index (χ0n) is 13.4.